The zero-order chi connectivity index (χ0) is 17.3. The Morgan fingerprint density at radius 3 is 2.21 bits per heavy atom. The van der Waals surface area contributed by atoms with E-state index in [0.29, 0.717) is 5.41 Å². The van der Waals surface area contributed by atoms with Crippen LogP contribution >= 0.6 is 0 Å². The smallest absolute Gasteiger partial charge is 0.00155 e. The summed E-state index contributed by atoms with van der Waals surface area (Å²) in [5, 5.41) is 0. The molecule has 0 bridgehead atoms. The van der Waals surface area contributed by atoms with Crippen molar-refractivity contribution >= 4 is 5.57 Å². The Bertz CT molecular complexity index is 756. The van der Waals surface area contributed by atoms with Gasteiger partial charge in [0.2, 0.25) is 0 Å². The topological polar surface area (TPSA) is 0 Å². The van der Waals surface area contributed by atoms with Gasteiger partial charge in [-0.25, -0.2) is 0 Å². The van der Waals surface area contributed by atoms with Gasteiger partial charge in [0.25, 0.3) is 0 Å². The Morgan fingerprint density at radius 1 is 1.00 bits per heavy atom. The summed E-state index contributed by atoms with van der Waals surface area (Å²) in [5.74, 6) is 1.53. The predicted octanol–water partition coefficient (Wildman–Crippen LogP) is 6.43. The summed E-state index contributed by atoms with van der Waals surface area (Å²) < 4.78 is 0. The van der Waals surface area contributed by atoms with Gasteiger partial charge >= 0.3 is 0 Å². The molecule has 1 saturated carbocycles. The minimum atomic E-state index is 0.342. The fourth-order valence-electron chi connectivity index (χ4n) is 3.95. The van der Waals surface area contributed by atoms with Crippen LogP contribution in [0.15, 0.2) is 72.8 Å². The summed E-state index contributed by atoms with van der Waals surface area (Å²) in [6, 6.07) is 19.4. The van der Waals surface area contributed by atoms with Gasteiger partial charge in [-0.1, -0.05) is 88.0 Å². The monoisotopic (exact) mass is 316 g/mol. The zero-order valence-electron chi connectivity index (χ0n) is 15.3. The van der Waals surface area contributed by atoms with Crippen molar-refractivity contribution in [2.75, 3.05) is 0 Å². The molecule has 0 aliphatic heterocycles. The number of rotatable bonds is 5. The van der Waals surface area contributed by atoms with Crippen molar-refractivity contribution in [1.29, 1.82) is 0 Å². The van der Waals surface area contributed by atoms with Gasteiger partial charge in [-0.05, 0) is 58.4 Å². The third kappa shape index (κ3) is 2.86. The average molecular weight is 316 g/mol. The maximum Gasteiger partial charge on any atom is -0.00155 e. The average Bonchev–Trinajstić information content (AvgIpc) is 3.12. The van der Waals surface area contributed by atoms with Gasteiger partial charge in [0.05, 0.1) is 0 Å². The minimum absolute atomic E-state index is 0.342. The Hall–Kier alpha value is -2.08. The second-order valence-electron chi connectivity index (χ2n) is 7.45. The summed E-state index contributed by atoms with van der Waals surface area (Å²) in [7, 11) is 0. The van der Waals surface area contributed by atoms with Crippen molar-refractivity contribution in [3.8, 4) is 0 Å². The molecule has 0 radical (unpaired) electrons. The normalized spacial score (nSPS) is 26.2. The van der Waals surface area contributed by atoms with Gasteiger partial charge in [0.1, 0.15) is 0 Å². The van der Waals surface area contributed by atoms with E-state index in [2.05, 4.69) is 88.9 Å². The van der Waals surface area contributed by atoms with Crippen molar-refractivity contribution < 1.29 is 0 Å². The first-order valence-corrected chi connectivity index (χ1v) is 8.96. The fourth-order valence-corrected chi connectivity index (χ4v) is 3.95. The highest BCUT2D eigenvalue weighted by Gasteiger charge is 2.56. The van der Waals surface area contributed by atoms with E-state index in [0.717, 1.165) is 23.8 Å². The number of hydrogen-bond acceptors (Lipinski definition) is 0. The quantitative estimate of drug-likeness (QED) is 0.557. The molecule has 3 rings (SSSR count). The summed E-state index contributed by atoms with van der Waals surface area (Å²) in [4.78, 5) is 0. The Kier molecular flexibility index (Phi) is 4.49. The van der Waals surface area contributed by atoms with Crippen LogP contribution in [0.5, 0.6) is 0 Å². The molecule has 1 aliphatic rings. The van der Waals surface area contributed by atoms with E-state index in [-0.39, 0.29) is 0 Å². The van der Waals surface area contributed by atoms with Crippen LogP contribution in [0.25, 0.3) is 5.57 Å². The van der Waals surface area contributed by atoms with Crippen LogP contribution in [0.3, 0.4) is 0 Å². The molecular formula is C24H28. The highest BCUT2D eigenvalue weighted by molar-refractivity contribution is 5.76. The lowest BCUT2D eigenvalue weighted by molar-refractivity contribution is 0.672. The van der Waals surface area contributed by atoms with Crippen molar-refractivity contribution in [3.63, 3.8) is 0 Å². The van der Waals surface area contributed by atoms with Crippen molar-refractivity contribution in [2.45, 2.75) is 39.5 Å². The maximum absolute atomic E-state index is 4.28. The van der Waals surface area contributed by atoms with E-state index >= 15 is 0 Å². The van der Waals surface area contributed by atoms with Crippen molar-refractivity contribution in [3.05, 3.63) is 89.5 Å². The molecule has 2 aromatic carbocycles. The molecule has 24 heavy (non-hydrogen) atoms. The molecule has 1 fully saturated rings. The lowest BCUT2D eigenvalue weighted by Crippen LogP contribution is -2.08. The van der Waals surface area contributed by atoms with Crippen LogP contribution in [-0.4, -0.2) is 0 Å². The van der Waals surface area contributed by atoms with E-state index in [4.69, 9.17) is 0 Å². The van der Waals surface area contributed by atoms with Crippen molar-refractivity contribution in [2.24, 2.45) is 11.8 Å². The maximum atomic E-state index is 4.28. The number of hydrogen-bond donors (Lipinski definition) is 0. The first-order chi connectivity index (χ1) is 11.5. The highest BCUT2D eigenvalue weighted by atomic mass is 14.6. The molecule has 2 unspecified atom stereocenters. The number of allylic oxidation sites excluding steroid dienone is 3. The Morgan fingerprint density at radius 2 is 1.58 bits per heavy atom. The third-order valence-corrected chi connectivity index (χ3v) is 6.36. The standard InChI is InChI=1S/C24H28/c1-17(18(2)21-11-7-6-8-12-21)15-16-22-13-9-10-14-23(22)24(5)19(3)20(24)4/h6-15,19-20H,2,16H2,1,3-5H3/b17-15-. The molecule has 0 N–H and O–H groups in total. The molecule has 2 atom stereocenters. The molecule has 0 nitrogen and oxygen atoms in total. The molecule has 0 amide bonds. The molecule has 2 aromatic rings. The van der Waals surface area contributed by atoms with E-state index in [1.165, 1.54) is 22.3 Å². The first-order valence-electron chi connectivity index (χ1n) is 8.96. The van der Waals surface area contributed by atoms with Crippen LogP contribution in [0, 0.1) is 11.8 Å². The van der Waals surface area contributed by atoms with E-state index in [9.17, 15) is 0 Å². The summed E-state index contributed by atoms with van der Waals surface area (Å²) in [6.07, 6.45) is 3.30. The second kappa shape index (κ2) is 6.43. The SMILES string of the molecule is C=C(/C(C)=C\Cc1ccccc1C1(C)C(C)C1C)c1ccccc1. The Labute approximate surface area is 146 Å². The van der Waals surface area contributed by atoms with E-state index in [1.807, 2.05) is 6.07 Å². The van der Waals surface area contributed by atoms with Gasteiger partial charge in [0, 0.05) is 0 Å². The largest absolute Gasteiger partial charge is 0.0909 e. The predicted molar refractivity (Wildman–Crippen MR) is 105 cm³/mol. The summed E-state index contributed by atoms with van der Waals surface area (Å²) >= 11 is 0. The van der Waals surface area contributed by atoms with E-state index in [1.54, 1.807) is 0 Å². The van der Waals surface area contributed by atoms with Gasteiger partial charge in [-0.3, -0.25) is 0 Å². The molecule has 0 aromatic heterocycles. The van der Waals surface area contributed by atoms with Crippen molar-refractivity contribution in [1.82, 2.24) is 0 Å². The Balaban J connectivity index is 1.81. The third-order valence-electron chi connectivity index (χ3n) is 6.36. The van der Waals surface area contributed by atoms with Crippen LogP contribution < -0.4 is 0 Å². The van der Waals surface area contributed by atoms with Gasteiger partial charge in [-0.2, -0.15) is 0 Å². The zero-order valence-corrected chi connectivity index (χ0v) is 15.3. The minimum Gasteiger partial charge on any atom is -0.0909 e. The molecule has 124 valence electrons. The molecular weight excluding hydrogens is 288 g/mol. The van der Waals surface area contributed by atoms with Crippen LogP contribution in [-0.2, 0) is 11.8 Å². The molecule has 1 aliphatic carbocycles. The van der Waals surface area contributed by atoms with Gasteiger partial charge in [-0.15, -0.1) is 0 Å². The molecule has 0 heteroatoms. The summed E-state index contributed by atoms with van der Waals surface area (Å²) in [6.45, 7) is 13.6. The molecule has 0 saturated heterocycles. The van der Waals surface area contributed by atoms with Crippen LogP contribution in [0.1, 0.15) is 44.4 Å². The van der Waals surface area contributed by atoms with Crippen LogP contribution in [0.2, 0.25) is 0 Å². The van der Waals surface area contributed by atoms with E-state index < -0.39 is 0 Å². The first kappa shape index (κ1) is 16.8. The fraction of sp³-hybridized carbons (Fsp3) is 0.333. The summed E-state index contributed by atoms with van der Waals surface area (Å²) in [5.41, 5.74) is 6.91. The highest BCUT2D eigenvalue weighted by Crippen LogP contribution is 2.59. The van der Waals surface area contributed by atoms with Gasteiger partial charge in [0.15, 0.2) is 0 Å². The lowest BCUT2D eigenvalue weighted by Gasteiger charge is -2.17. The van der Waals surface area contributed by atoms with Gasteiger partial charge < -0.3 is 0 Å². The van der Waals surface area contributed by atoms with Crippen LogP contribution in [0.4, 0.5) is 0 Å². The molecule has 0 heterocycles. The second-order valence-corrected chi connectivity index (χ2v) is 7.45. The number of benzene rings is 2. The lowest BCUT2D eigenvalue weighted by atomic mass is 9.88. The molecule has 0 spiro atoms.